The van der Waals surface area contributed by atoms with Gasteiger partial charge < -0.3 is 28.5 Å². The van der Waals surface area contributed by atoms with Gasteiger partial charge in [-0.15, -0.1) is 0 Å². The molecule has 0 aromatic heterocycles. The van der Waals surface area contributed by atoms with Crippen molar-refractivity contribution >= 4 is 17.9 Å². The van der Waals surface area contributed by atoms with Crippen LogP contribution in [-0.2, 0) is 33.3 Å². The lowest BCUT2D eigenvalue weighted by Crippen LogP contribution is -2.40. The average Bonchev–Trinajstić information content (AvgIpc) is 3.56. The first-order chi connectivity index (χ1) is 42.6. The number of allylic oxidation sites excluding steroid dienone is 34. The van der Waals surface area contributed by atoms with E-state index in [1.165, 1.54) is 0 Å². The number of ether oxygens (including phenoxy) is 4. The van der Waals surface area contributed by atoms with E-state index >= 15 is 0 Å². The predicted molar refractivity (Wildman–Crippen MR) is 372 cm³/mol. The highest BCUT2D eigenvalue weighted by atomic mass is 16.7. The number of rotatable bonds is 58. The molecule has 0 amide bonds. The summed E-state index contributed by atoms with van der Waals surface area (Å²) >= 11 is 0. The fourth-order valence-corrected chi connectivity index (χ4v) is 8.02. The van der Waals surface area contributed by atoms with E-state index in [9.17, 15) is 19.5 Å². The lowest BCUT2D eigenvalue weighted by atomic mass is 10.1. The van der Waals surface area contributed by atoms with Gasteiger partial charge in [0.1, 0.15) is 13.2 Å². The summed E-state index contributed by atoms with van der Waals surface area (Å²) in [6, 6.07) is 0. The monoisotopic (exact) mass is 1200 g/mol. The van der Waals surface area contributed by atoms with E-state index in [4.69, 9.17) is 18.9 Å². The third kappa shape index (κ3) is 67.2. The lowest BCUT2D eigenvalue weighted by molar-refractivity contribution is -0.870. The van der Waals surface area contributed by atoms with Crippen LogP contribution in [0.15, 0.2) is 207 Å². The van der Waals surface area contributed by atoms with Crippen LogP contribution in [0.2, 0.25) is 0 Å². The van der Waals surface area contributed by atoms with Gasteiger partial charge in [0.15, 0.2) is 6.10 Å². The lowest BCUT2D eigenvalue weighted by Gasteiger charge is -2.25. The molecule has 87 heavy (non-hydrogen) atoms. The number of unbranched alkanes of at least 4 members (excludes halogenated alkanes) is 9. The van der Waals surface area contributed by atoms with E-state index in [1.54, 1.807) is 0 Å². The fourth-order valence-electron chi connectivity index (χ4n) is 8.02. The smallest absolute Gasteiger partial charge is 0.361 e. The second-order valence-electron chi connectivity index (χ2n) is 22.3. The zero-order valence-electron chi connectivity index (χ0n) is 55.1. The van der Waals surface area contributed by atoms with E-state index in [1.807, 2.05) is 21.1 Å². The molecule has 0 saturated heterocycles. The van der Waals surface area contributed by atoms with E-state index in [2.05, 4.69) is 220 Å². The predicted octanol–water partition coefficient (Wildman–Crippen LogP) is 20.8. The maximum Gasteiger partial charge on any atom is 0.361 e. The summed E-state index contributed by atoms with van der Waals surface area (Å²) in [5.41, 5.74) is 0. The highest BCUT2D eigenvalue weighted by Gasteiger charge is 2.25. The zero-order valence-corrected chi connectivity index (χ0v) is 55.1. The Hall–Kier alpha value is -6.13. The van der Waals surface area contributed by atoms with Gasteiger partial charge in [-0.2, -0.15) is 0 Å². The van der Waals surface area contributed by atoms with Crippen molar-refractivity contribution in [3.8, 4) is 0 Å². The van der Waals surface area contributed by atoms with Gasteiger partial charge in [-0.3, -0.25) is 9.59 Å². The fraction of sp³-hybridized carbons (Fsp3) is 0.526. The Morgan fingerprint density at radius 2 is 0.621 bits per heavy atom. The van der Waals surface area contributed by atoms with Crippen LogP contribution in [0.4, 0.5) is 0 Å². The molecule has 0 aliphatic heterocycles. The van der Waals surface area contributed by atoms with Crippen molar-refractivity contribution in [1.82, 2.24) is 0 Å². The van der Waals surface area contributed by atoms with Crippen LogP contribution in [0.3, 0.4) is 0 Å². The van der Waals surface area contributed by atoms with Crippen LogP contribution in [-0.4, -0.2) is 87.4 Å². The van der Waals surface area contributed by atoms with Crippen LogP contribution >= 0.6 is 0 Å². The minimum absolute atomic E-state index is 0.166. The number of quaternary nitrogens is 1. The van der Waals surface area contributed by atoms with Gasteiger partial charge in [-0.05, 0) is 148 Å². The number of carboxylic acids is 1. The van der Waals surface area contributed by atoms with Gasteiger partial charge in [0.2, 0.25) is 0 Å². The largest absolute Gasteiger partial charge is 0.477 e. The minimum atomic E-state index is -1.54. The van der Waals surface area contributed by atoms with Crippen molar-refractivity contribution in [3.05, 3.63) is 207 Å². The molecule has 0 aromatic rings. The summed E-state index contributed by atoms with van der Waals surface area (Å²) in [4.78, 5) is 37.6. The van der Waals surface area contributed by atoms with Gasteiger partial charge in [0, 0.05) is 12.8 Å². The molecule has 0 aliphatic rings. The molecule has 2 unspecified atom stereocenters. The van der Waals surface area contributed by atoms with Gasteiger partial charge >= 0.3 is 17.9 Å². The van der Waals surface area contributed by atoms with Gasteiger partial charge in [0.25, 0.3) is 6.29 Å². The molecule has 0 saturated carbocycles. The average molecular weight is 1200 g/mol. The van der Waals surface area contributed by atoms with Crippen molar-refractivity contribution in [2.45, 2.75) is 219 Å². The number of nitrogens with zero attached hydrogens (tertiary/aromatic N) is 1. The molecule has 0 heterocycles. The highest BCUT2D eigenvalue weighted by Crippen LogP contribution is 2.13. The number of esters is 2. The minimum Gasteiger partial charge on any atom is -0.477 e. The maximum absolute atomic E-state index is 12.9. The first-order valence-electron chi connectivity index (χ1n) is 33.2. The molecule has 0 aliphatic carbocycles. The molecule has 1 N–H and O–H groups in total. The maximum atomic E-state index is 12.9. The number of hydrogen-bond acceptors (Lipinski definition) is 7. The zero-order chi connectivity index (χ0) is 63.3. The SMILES string of the molecule is CC/C=C\C/C=C\C/C=C\C/C=C\C/C=C\C/C=C\C/C=C\C/C=C\C/C=C\C/C=C\CCCCCCC(=O)OC(COC(=O)CCCCCCC/C=C\C/C=C\C/C=C\C/C=C\C/C=C\C/C=C\C/C=C\CC)COC(OCC[N+](C)(C)C)C(=O)O. The standard InChI is InChI=1S/C78H119NO8/c1-6-8-10-12-14-16-18-20-22-24-26-28-30-32-34-35-36-37-38-39-40-41-43-45-47-49-51-53-55-57-59-61-63-65-67-69-76(81)87-74(73-86-78(77(82)83)84-71-70-79(3,4)5)72-85-75(80)68-66-64-62-60-58-56-54-52-50-48-46-44-42-33-31-29-27-25-23-21-19-17-15-13-11-9-7-2/h8-11,14-17,20-23,26-29,32-34,36-37,39-40,42-43,45-46,48-49,51-52,54-55,57,74,78H,6-7,12-13,18-19,24-25,30-31,35,38,41,44,47,50,53,56,58-73H2,1-5H3/p+1/b10-8-,11-9-,16-14-,17-15-,22-20-,23-21-,28-26-,29-27-,34-32-,37-36-,40-39-,42-33-,45-43-,48-46-,51-49-,54-52-,57-55-. The summed E-state index contributed by atoms with van der Waals surface area (Å²) in [5.74, 6) is -2.10. The summed E-state index contributed by atoms with van der Waals surface area (Å²) in [5, 5.41) is 9.74. The van der Waals surface area contributed by atoms with E-state index < -0.39 is 24.3 Å². The summed E-state index contributed by atoms with van der Waals surface area (Å²) < 4.78 is 22.9. The molecule has 0 aromatic carbocycles. The molecule has 0 radical (unpaired) electrons. The Morgan fingerprint density at radius 1 is 0.345 bits per heavy atom. The van der Waals surface area contributed by atoms with Crippen LogP contribution in [0.1, 0.15) is 206 Å². The molecule has 0 fully saturated rings. The number of hydrogen-bond donors (Lipinski definition) is 1. The third-order valence-electron chi connectivity index (χ3n) is 13.0. The number of carboxylic acid groups (broad SMARTS) is 1. The van der Waals surface area contributed by atoms with E-state index in [0.717, 1.165) is 167 Å². The second kappa shape index (κ2) is 65.8. The second-order valence-corrected chi connectivity index (χ2v) is 22.3. The molecule has 484 valence electrons. The van der Waals surface area contributed by atoms with Gasteiger partial charge in [-0.1, -0.05) is 253 Å². The Balaban J connectivity index is 4.35. The Bertz CT molecular complexity index is 2180. The van der Waals surface area contributed by atoms with Crippen LogP contribution < -0.4 is 0 Å². The van der Waals surface area contributed by atoms with Crippen molar-refractivity contribution in [2.75, 3.05) is 47.5 Å². The Labute approximate surface area is 531 Å². The van der Waals surface area contributed by atoms with E-state index in [0.29, 0.717) is 23.9 Å². The topological polar surface area (TPSA) is 108 Å². The molecular weight excluding hydrogens is 1080 g/mol. The summed E-state index contributed by atoms with van der Waals surface area (Å²) in [6.45, 7) is 4.56. The quantitative estimate of drug-likeness (QED) is 0.0211. The summed E-state index contributed by atoms with van der Waals surface area (Å²) in [7, 11) is 5.94. The number of aliphatic carboxylic acids is 1. The number of carbonyl (C=O) groups excluding carboxylic acids is 2. The molecule has 0 spiro atoms. The first-order valence-corrected chi connectivity index (χ1v) is 33.2. The molecule has 9 nitrogen and oxygen atoms in total. The molecule has 0 bridgehead atoms. The van der Waals surface area contributed by atoms with E-state index in [-0.39, 0.29) is 38.6 Å². The summed E-state index contributed by atoms with van der Waals surface area (Å²) in [6.07, 6.45) is 101. The van der Waals surface area contributed by atoms with Crippen molar-refractivity contribution < 1.29 is 42.9 Å². The van der Waals surface area contributed by atoms with Gasteiger partial charge in [0.05, 0.1) is 34.4 Å². The van der Waals surface area contributed by atoms with Crippen molar-refractivity contribution in [1.29, 1.82) is 0 Å². The first kappa shape index (κ1) is 80.9. The Kier molecular flexibility index (Phi) is 61.2. The molecule has 2 atom stereocenters. The number of carbonyl (C=O) groups is 3. The highest BCUT2D eigenvalue weighted by molar-refractivity contribution is 5.71. The number of likely N-dealkylation sites (N-methyl/N-ethyl adjacent to an activating group) is 1. The van der Waals surface area contributed by atoms with Crippen LogP contribution in [0.25, 0.3) is 0 Å². The van der Waals surface area contributed by atoms with Crippen molar-refractivity contribution in [2.24, 2.45) is 0 Å². The Morgan fingerprint density at radius 3 is 0.920 bits per heavy atom. The van der Waals surface area contributed by atoms with Gasteiger partial charge in [-0.25, -0.2) is 4.79 Å². The van der Waals surface area contributed by atoms with Crippen LogP contribution in [0.5, 0.6) is 0 Å². The normalized spacial score (nSPS) is 14.1. The molecular formula is C78H120NO8+. The molecule has 0 rings (SSSR count). The molecule has 9 heteroatoms. The third-order valence-corrected chi connectivity index (χ3v) is 13.0. The van der Waals surface area contributed by atoms with Crippen molar-refractivity contribution in [3.63, 3.8) is 0 Å². The van der Waals surface area contributed by atoms with Crippen LogP contribution in [0, 0.1) is 0 Å².